The lowest BCUT2D eigenvalue weighted by atomic mass is 9.83. The molecule has 0 aliphatic carbocycles. The van der Waals surface area contributed by atoms with Crippen molar-refractivity contribution in [3.05, 3.63) is 24.3 Å². The standard InChI is InChI=1S/C14H18N4O/c1-2-14(7-8-15-9-14)12(19)18-13-16-10-5-3-4-6-11(10)17-13/h3-6,15H,2,7-9H2,1H3,(H2,16,17,18,19). The lowest BCUT2D eigenvalue weighted by Gasteiger charge is -2.24. The van der Waals surface area contributed by atoms with Gasteiger partial charge in [-0.1, -0.05) is 19.1 Å². The number of aromatic amines is 1. The second-order valence-corrected chi connectivity index (χ2v) is 5.12. The number of benzene rings is 1. The van der Waals surface area contributed by atoms with Crippen LogP contribution in [0.5, 0.6) is 0 Å². The van der Waals surface area contributed by atoms with Crippen molar-refractivity contribution in [2.45, 2.75) is 19.8 Å². The molecule has 2 heterocycles. The fourth-order valence-electron chi connectivity index (χ4n) is 2.65. The Labute approximate surface area is 111 Å². The SMILES string of the molecule is CCC1(C(=O)Nc2nc3ccccc3[nH]2)CCNC1. The second-order valence-electron chi connectivity index (χ2n) is 5.12. The number of anilines is 1. The summed E-state index contributed by atoms with van der Waals surface area (Å²) >= 11 is 0. The Hall–Kier alpha value is -1.88. The maximum Gasteiger partial charge on any atom is 0.234 e. The van der Waals surface area contributed by atoms with Gasteiger partial charge < -0.3 is 10.3 Å². The van der Waals surface area contributed by atoms with Crippen molar-refractivity contribution in [2.24, 2.45) is 5.41 Å². The van der Waals surface area contributed by atoms with Gasteiger partial charge in [0.05, 0.1) is 16.4 Å². The molecular weight excluding hydrogens is 240 g/mol. The van der Waals surface area contributed by atoms with E-state index in [-0.39, 0.29) is 11.3 Å². The van der Waals surface area contributed by atoms with Crippen LogP contribution in [0.3, 0.4) is 0 Å². The molecule has 1 saturated heterocycles. The summed E-state index contributed by atoms with van der Waals surface area (Å²) in [5, 5.41) is 6.19. The highest BCUT2D eigenvalue weighted by Crippen LogP contribution is 2.30. The molecule has 1 unspecified atom stereocenters. The van der Waals surface area contributed by atoms with Gasteiger partial charge in [-0.05, 0) is 31.5 Å². The number of para-hydroxylation sites is 2. The minimum Gasteiger partial charge on any atom is -0.324 e. The third-order valence-electron chi connectivity index (χ3n) is 4.02. The normalized spacial score (nSPS) is 22.8. The molecule has 1 aromatic carbocycles. The topological polar surface area (TPSA) is 69.8 Å². The number of aromatic nitrogens is 2. The molecule has 19 heavy (non-hydrogen) atoms. The Balaban J connectivity index is 1.82. The number of nitrogens with one attached hydrogen (secondary N) is 3. The monoisotopic (exact) mass is 258 g/mol. The number of hydrogen-bond acceptors (Lipinski definition) is 3. The van der Waals surface area contributed by atoms with Crippen molar-refractivity contribution < 1.29 is 4.79 Å². The van der Waals surface area contributed by atoms with Crippen LogP contribution in [0.1, 0.15) is 19.8 Å². The molecule has 0 radical (unpaired) electrons. The summed E-state index contributed by atoms with van der Waals surface area (Å²) in [7, 11) is 0. The van der Waals surface area contributed by atoms with E-state index >= 15 is 0 Å². The van der Waals surface area contributed by atoms with Crippen LogP contribution in [-0.2, 0) is 4.79 Å². The summed E-state index contributed by atoms with van der Waals surface area (Å²) in [6, 6.07) is 7.75. The predicted octanol–water partition coefficient (Wildman–Crippen LogP) is 1.89. The summed E-state index contributed by atoms with van der Waals surface area (Å²) in [4.78, 5) is 19.9. The van der Waals surface area contributed by atoms with Gasteiger partial charge in [0.25, 0.3) is 0 Å². The summed E-state index contributed by atoms with van der Waals surface area (Å²) in [6.07, 6.45) is 1.72. The molecular formula is C14H18N4O. The highest BCUT2D eigenvalue weighted by atomic mass is 16.2. The molecule has 1 aliphatic rings. The van der Waals surface area contributed by atoms with Crippen molar-refractivity contribution >= 4 is 22.9 Å². The van der Waals surface area contributed by atoms with Crippen LogP contribution >= 0.6 is 0 Å². The third-order valence-corrected chi connectivity index (χ3v) is 4.02. The first-order valence-corrected chi connectivity index (χ1v) is 6.70. The maximum atomic E-state index is 12.4. The molecule has 1 amide bonds. The zero-order chi connectivity index (χ0) is 13.3. The van der Waals surface area contributed by atoms with E-state index < -0.39 is 0 Å². The van der Waals surface area contributed by atoms with E-state index in [2.05, 4.69) is 27.5 Å². The minimum absolute atomic E-state index is 0.0547. The largest absolute Gasteiger partial charge is 0.324 e. The molecule has 1 fully saturated rings. The van der Waals surface area contributed by atoms with Crippen LogP contribution in [0, 0.1) is 5.41 Å². The molecule has 0 bridgehead atoms. The summed E-state index contributed by atoms with van der Waals surface area (Å²) in [5.41, 5.74) is 1.51. The first-order chi connectivity index (χ1) is 9.23. The Bertz CT molecular complexity index is 565. The van der Waals surface area contributed by atoms with Gasteiger partial charge >= 0.3 is 0 Å². The lowest BCUT2D eigenvalue weighted by molar-refractivity contribution is -0.124. The van der Waals surface area contributed by atoms with Crippen LogP contribution in [0.25, 0.3) is 11.0 Å². The van der Waals surface area contributed by atoms with Crippen molar-refractivity contribution in [2.75, 3.05) is 18.4 Å². The molecule has 3 N–H and O–H groups in total. The van der Waals surface area contributed by atoms with Crippen molar-refractivity contribution in [3.63, 3.8) is 0 Å². The number of nitrogens with zero attached hydrogens (tertiary/aromatic N) is 1. The van der Waals surface area contributed by atoms with E-state index in [1.807, 2.05) is 24.3 Å². The molecule has 1 aromatic heterocycles. The molecule has 3 rings (SSSR count). The molecule has 5 heteroatoms. The highest BCUT2D eigenvalue weighted by Gasteiger charge is 2.39. The number of fused-ring (bicyclic) bond motifs is 1. The summed E-state index contributed by atoms with van der Waals surface area (Å²) in [5.74, 6) is 0.588. The van der Waals surface area contributed by atoms with Gasteiger partial charge in [-0.25, -0.2) is 4.98 Å². The number of carbonyl (C=O) groups is 1. The lowest BCUT2D eigenvalue weighted by Crippen LogP contribution is -2.37. The molecule has 1 aliphatic heterocycles. The van der Waals surface area contributed by atoms with Crippen LogP contribution in [-0.4, -0.2) is 29.0 Å². The zero-order valence-corrected chi connectivity index (χ0v) is 11.0. The van der Waals surface area contributed by atoms with Crippen LogP contribution < -0.4 is 10.6 Å². The summed E-state index contributed by atoms with van der Waals surface area (Å²) in [6.45, 7) is 3.71. The Morgan fingerprint density at radius 2 is 2.32 bits per heavy atom. The third kappa shape index (κ3) is 2.10. The minimum atomic E-state index is -0.293. The van der Waals surface area contributed by atoms with Crippen molar-refractivity contribution in [1.29, 1.82) is 0 Å². The number of hydrogen-bond donors (Lipinski definition) is 3. The number of H-pyrrole nitrogens is 1. The first kappa shape index (κ1) is 12.2. The van der Waals surface area contributed by atoms with Crippen molar-refractivity contribution in [3.8, 4) is 0 Å². The van der Waals surface area contributed by atoms with Crippen LogP contribution in [0.2, 0.25) is 0 Å². The Kier molecular flexibility index (Phi) is 2.98. The molecule has 0 saturated carbocycles. The van der Waals surface area contributed by atoms with E-state index in [1.165, 1.54) is 0 Å². The second kappa shape index (κ2) is 4.66. The van der Waals surface area contributed by atoms with E-state index in [9.17, 15) is 4.79 Å². The van der Waals surface area contributed by atoms with Crippen LogP contribution in [0.15, 0.2) is 24.3 Å². The molecule has 100 valence electrons. The molecule has 2 aromatic rings. The Morgan fingerprint density at radius 1 is 1.47 bits per heavy atom. The molecule has 0 spiro atoms. The van der Waals surface area contributed by atoms with Gasteiger partial charge in [0.1, 0.15) is 0 Å². The Morgan fingerprint density at radius 3 is 3.00 bits per heavy atom. The molecule has 5 nitrogen and oxygen atoms in total. The van der Waals surface area contributed by atoms with Gasteiger partial charge in [0, 0.05) is 6.54 Å². The van der Waals surface area contributed by atoms with E-state index in [0.717, 1.165) is 37.0 Å². The fraction of sp³-hybridized carbons (Fsp3) is 0.429. The average Bonchev–Trinajstić information content (AvgIpc) is 3.05. The van der Waals surface area contributed by atoms with E-state index in [1.54, 1.807) is 0 Å². The number of amides is 1. The van der Waals surface area contributed by atoms with Crippen LogP contribution in [0.4, 0.5) is 5.95 Å². The van der Waals surface area contributed by atoms with Gasteiger partial charge in [-0.3, -0.25) is 10.1 Å². The van der Waals surface area contributed by atoms with Gasteiger partial charge in [-0.15, -0.1) is 0 Å². The fourth-order valence-corrected chi connectivity index (χ4v) is 2.65. The number of carbonyl (C=O) groups excluding carboxylic acids is 1. The van der Waals surface area contributed by atoms with E-state index in [0.29, 0.717) is 5.95 Å². The maximum absolute atomic E-state index is 12.4. The van der Waals surface area contributed by atoms with E-state index in [4.69, 9.17) is 0 Å². The average molecular weight is 258 g/mol. The van der Waals surface area contributed by atoms with Crippen molar-refractivity contribution in [1.82, 2.24) is 15.3 Å². The quantitative estimate of drug-likeness (QED) is 0.787. The predicted molar refractivity (Wildman–Crippen MR) is 74.9 cm³/mol. The highest BCUT2D eigenvalue weighted by molar-refractivity contribution is 5.95. The number of rotatable bonds is 3. The smallest absolute Gasteiger partial charge is 0.234 e. The van der Waals surface area contributed by atoms with Gasteiger partial charge in [-0.2, -0.15) is 0 Å². The van der Waals surface area contributed by atoms with Gasteiger partial charge in [0.15, 0.2) is 0 Å². The zero-order valence-electron chi connectivity index (χ0n) is 11.0. The van der Waals surface area contributed by atoms with Gasteiger partial charge in [0.2, 0.25) is 11.9 Å². The molecule has 1 atom stereocenters. The number of imidazole rings is 1. The first-order valence-electron chi connectivity index (χ1n) is 6.70. The summed E-state index contributed by atoms with van der Waals surface area (Å²) < 4.78 is 0.